The molecule has 1 aliphatic carbocycles. The molecule has 1 saturated carbocycles. The van der Waals surface area contributed by atoms with Gasteiger partial charge in [0.25, 0.3) is 0 Å². The Hall–Kier alpha value is -1.61. The van der Waals surface area contributed by atoms with E-state index in [1.807, 2.05) is 17.9 Å². The van der Waals surface area contributed by atoms with Crippen LogP contribution < -0.4 is 5.32 Å². The number of aryl methyl sites for hydroxylation is 1. The highest BCUT2D eigenvalue weighted by Gasteiger charge is 2.41. The quantitative estimate of drug-likeness (QED) is 0.914. The van der Waals surface area contributed by atoms with E-state index in [2.05, 4.69) is 54.0 Å². The van der Waals surface area contributed by atoms with Crippen molar-refractivity contribution >= 4 is 0 Å². The minimum atomic E-state index is 0.270. The van der Waals surface area contributed by atoms with Crippen molar-refractivity contribution in [1.29, 1.82) is 0 Å². The Morgan fingerprint density at radius 1 is 1.24 bits per heavy atom. The van der Waals surface area contributed by atoms with Crippen LogP contribution in [0.1, 0.15) is 36.8 Å². The Bertz CT molecular complexity index is 567. The van der Waals surface area contributed by atoms with E-state index in [9.17, 15) is 0 Å². The molecule has 1 aromatic carbocycles. The van der Waals surface area contributed by atoms with Crippen LogP contribution in [0.15, 0.2) is 42.7 Å². The van der Waals surface area contributed by atoms with Gasteiger partial charge in [-0.2, -0.15) is 5.10 Å². The predicted molar refractivity (Wildman–Crippen MR) is 86.3 cm³/mol. The van der Waals surface area contributed by atoms with E-state index in [0.717, 1.165) is 6.42 Å². The fourth-order valence-electron chi connectivity index (χ4n) is 4.00. The van der Waals surface area contributed by atoms with Gasteiger partial charge in [0.1, 0.15) is 0 Å². The lowest BCUT2D eigenvalue weighted by atomic mass is 9.71. The molecule has 0 bridgehead atoms. The van der Waals surface area contributed by atoms with Crippen LogP contribution in [0.5, 0.6) is 0 Å². The lowest BCUT2D eigenvalue weighted by Gasteiger charge is -2.38. The molecule has 1 heterocycles. The molecule has 0 radical (unpaired) electrons. The normalized spacial score (nSPS) is 18.8. The zero-order valence-electron chi connectivity index (χ0n) is 13.0. The minimum absolute atomic E-state index is 0.270. The van der Waals surface area contributed by atoms with Crippen LogP contribution >= 0.6 is 0 Å². The molecule has 21 heavy (non-hydrogen) atoms. The van der Waals surface area contributed by atoms with Gasteiger partial charge in [-0.1, -0.05) is 43.2 Å². The summed E-state index contributed by atoms with van der Waals surface area (Å²) in [6.07, 6.45) is 10.4. The number of nitrogens with zero attached hydrogens (tertiary/aromatic N) is 2. The number of hydrogen-bond donors (Lipinski definition) is 1. The van der Waals surface area contributed by atoms with E-state index in [0.29, 0.717) is 6.04 Å². The van der Waals surface area contributed by atoms with Crippen molar-refractivity contribution in [1.82, 2.24) is 15.1 Å². The zero-order chi connectivity index (χ0) is 14.7. The van der Waals surface area contributed by atoms with E-state index in [1.165, 1.54) is 36.8 Å². The first-order chi connectivity index (χ1) is 10.2. The largest absolute Gasteiger partial charge is 0.316 e. The highest BCUT2D eigenvalue weighted by Crippen LogP contribution is 2.44. The lowest BCUT2D eigenvalue weighted by molar-refractivity contribution is 0.307. The second-order valence-electron chi connectivity index (χ2n) is 6.30. The summed E-state index contributed by atoms with van der Waals surface area (Å²) in [4.78, 5) is 0. The molecule has 3 heteroatoms. The summed E-state index contributed by atoms with van der Waals surface area (Å²) >= 11 is 0. The SMILES string of the molecule is CNC(Cc1cnn(C)c1)C1(c2ccccc2)CCCC1. The molecule has 3 nitrogen and oxygen atoms in total. The smallest absolute Gasteiger partial charge is 0.0522 e. The standard InChI is InChI=1S/C18H25N3/c1-19-17(12-15-13-20-21(2)14-15)18(10-6-7-11-18)16-8-4-3-5-9-16/h3-5,8-9,13-14,17,19H,6-7,10-12H2,1-2H3. The van der Waals surface area contributed by atoms with Crippen molar-refractivity contribution in [2.75, 3.05) is 7.05 Å². The van der Waals surface area contributed by atoms with E-state index in [1.54, 1.807) is 0 Å². The first-order valence-electron chi connectivity index (χ1n) is 7.95. The minimum Gasteiger partial charge on any atom is -0.316 e. The summed E-state index contributed by atoms with van der Waals surface area (Å²) in [5.41, 5.74) is 3.08. The molecule has 1 N–H and O–H groups in total. The molecule has 0 spiro atoms. The van der Waals surface area contributed by atoms with Crippen LogP contribution in [0.2, 0.25) is 0 Å². The molecule has 0 aliphatic heterocycles. The van der Waals surface area contributed by atoms with Crippen molar-refractivity contribution in [3.05, 3.63) is 53.9 Å². The Morgan fingerprint density at radius 2 is 1.95 bits per heavy atom. The zero-order valence-corrected chi connectivity index (χ0v) is 13.0. The fourth-order valence-corrected chi connectivity index (χ4v) is 4.00. The van der Waals surface area contributed by atoms with Crippen LogP contribution in [0, 0.1) is 0 Å². The van der Waals surface area contributed by atoms with Crippen molar-refractivity contribution < 1.29 is 0 Å². The number of rotatable bonds is 5. The molecule has 3 rings (SSSR count). The summed E-state index contributed by atoms with van der Waals surface area (Å²) in [6, 6.07) is 11.5. The van der Waals surface area contributed by atoms with Gasteiger partial charge in [-0.05, 0) is 37.4 Å². The van der Waals surface area contributed by atoms with Gasteiger partial charge in [0.05, 0.1) is 6.20 Å². The number of aromatic nitrogens is 2. The third-order valence-corrected chi connectivity index (χ3v) is 5.06. The second kappa shape index (κ2) is 6.02. The Labute approximate surface area is 127 Å². The van der Waals surface area contributed by atoms with Crippen molar-refractivity contribution in [3.8, 4) is 0 Å². The molecular formula is C18H25N3. The number of likely N-dealkylation sites (N-methyl/N-ethyl adjacent to an activating group) is 1. The number of benzene rings is 1. The van der Waals surface area contributed by atoms with Gasteiger partial charge >= 0.3 is 0 Å². The Balaban J connectivity index is 1.91. The summed E-state index contributed by atoms with van der Waals surface area (Å²) in [5.74, 6) is 0. The highest BCUT2D eigenvalue weighted by atomic mass is 15.2. The number of nitrogens with one attached hydrogen (secondary N) is 1. The van der Waals surface area contributed by atoms with E-state index < -0.39 is 0 Å². The summed E-state index contributed by atoms with van der Waals surface area (Å²) < 4.78 is 1.89. The molecule has 1 unspecified atom stereocenters. The molecule has 1 atom stereocenters. The third kappa shape index (κ3) is 2.75. The van der Waals surface area contributed by atoms with Crippen molar-refractivity contribution in [2.24, 2.45) is 7.05 Å². The van der Waals surface area contributed by atoms with Gasteiger partial charge in [0, 0.05) is 24.7 Å². The molecule has 1 aromatic heterocycles. The first-order valence-corrected chi connectivity index (χ1v) is 7.95. The van der Waals surface area contributed by atoms with Gasteiger partial charge in [-0.15, -0.1) is 0 Å². The fraction of sp³-hybridized carbons (Fsp3) is 0.500. The van der Waals surface area contributed by atoms with Gasteiger partial charge in [0.2, 0.25) is 0 Å². The molecule has 0 amide bonds. The average Bonchev–Trinajstić information content (AvgIpc) is 3.15. The second-order valence-corrected chi connectivity index (χ2v) is 6.30. The van der Waals surface area contributed by atoms with Crippen LogP contribution in [0.25, 0.3) is 0 Å². The first kappa shape index (κ1) is 14.3. The van der Waals surface area contributed by atoms with E-state index in [4.69, 9.17) is 0 Å². The van der Waals surface area contributed by atoms with E-state index >= 15 is 0 Å². The Morgan fingerprint density at radius 3 is 2.52 bits per heavy atom. The average molecular weight is 283 g/mol. The maximum Gasteiger partial charge on any atom is 0.0522 e. The predicted octanol–water partition coefficient (Wildman–Crippen LogP) is 3.06. The highest BCUT2D eigenvalue weighted by molar-refractivity contribution is 5.30. The summed E-state index contributed by atoms with van der Waals surface area (Å²) in [6.45, 7) is 0. The van der Waals surface area contributed by atoms with Crippen LogP contribution in [-0.4, -0.2) is 22.9 Å². The maximum atomic E-state index is 4.31. The third-order valence-electron chi connectivity index (χ3n) is 5.06. The van der Waals surface area contributed by atoms with Crippen LogP contribution in [0.4, 0.5) is 0 Å². The lowest BCUT2D eigenvalue weighted by Crippen LogP contribution is -2.47. The molecule has 1 fully saturated rings. The molecule has 1 aliphatic rings. The maximum absolute atomic E-state index is 4.31. The van der Waals surface area contributed by atoms with Crippen molar-refractivity contribution in [3.63, 3.8) is 0 Å². The van der Waals surface area contributed by atoms with Gasteiger partial charge in [0.15, 0.2) is 0 Å². The van der Waals surface area contributed by atoms with Gasteiger partial charge < -0.3 is 5.32 Å². The molecule has 2 aromatic rings. The molecule has 112 valence electrons. The van der Waals surface area contributed by atoms with E-state index in [-0.39, 0.29) is 5.41 Å². The molecule has 0 saturated heterocycles. The summed E-state index contributed by atoms with van der Waals surface area (Å²) in [7, 11) is 4.09. The van der Waals surface area contributed by atoms with Crippen LogP contribution in [-0.2, 0) is 18.9 Å². The monoisotopic (exact) mass is 283 g/mol. The number of hydrogen-bond acceptors (Lipinski definition) is 2. The van der Waals surface area contributed by atoms with Gasteiger partial charge in [-0.25, -0.2) is 0 Å². The van der Waals surface area contributed by atoms with Crippen LogP contribution in [0.3, 0.4) is 0 Å². The van der Waals surface area contributed by atoms with Gasteiger partial charge in [-0.3, -0.25) is 4.68 Å². The topological polar surface area (TPSA) is 29.9 Å². The van der Waals surface area contributed by atoms with Crippen molar-refractivity contribution in [2.45, 2.75) is 43.6 Å². The Kier molecular flexibility index (Phi) is 4.11. The molecular weight excluding hydrogens is 258 g/mol. The summed E-state index contributed by atoms with van der Waals surface area (Å²) in [5, 5.41) is 7.92.